The molecule has 1 aromatic rings. The Balaban J connectivity index is 2.55. The highest BCUT2D eigenvalue weighted by Gasteiger charge is 2.20. The Kier molecular flexibility index (Phi) is 6.68. The van der Waals surface area contributed by atoms with Crippen molar-refractivity contribution < 1.29 is 19.8 Å². The summed E-state index contributed by atoms with van der Waals surface area (Å²) >= 11 is 0. The van der Waals surface area contributed by atoms with E-state index >= 15 is 0 Å². The van der Waals surface area contributed by atoms with Gasteiger partial charge in [0.1, 0.15) is 11.8 Å². The largest absolute Gasteiger partial charge is 0.508 e. The molecule has 0 aliphatic rings. The van der Waals surface area contributed by atoms with Crippen LogP contribution >= 0.6 is 0 Å². The molecule has 2 unspecified atom stereocenters. The van der Waals surface area contributed by atoms with Gasteiger partial charge in [-0.2, -0.15) is 0 Å². The van der Waals surface area contributed by atoms with E-state index in [-0.39, 0.29) is 30.7 Å². The van der Waals surface area contributed by atoms with Crippen molar-refractivity contribution in [3.05, 3.63) is 29.8 Å². The molecule has 0 saturated heterocycles. The summed E-state index contributed by atoms with van der Waals surface area (Å²) < 4.78 is 0. The SMILES string of the molecule is CCC(C)NCC(=O)NC(Cc1ccc(O)cc1)C(=O)O. The van der Waals surface area contributed by atoms with Crippen LogP contribution in [0.3, 0.4) is 0 Å². The predicted octanol–water partition coefficient (Wildman–Crippen LogP) is 0.892. The molecule has 1 rings (SSSR count). The molecule has 2 atom stereocenters. The number of carboxylic acid groups (broad SMARTS) is 1. The van der Waals surface area contributed by atoms with E-state index in [9.17, 15) is 19.8 Å². The monoisotopic (exact) mass is 294 g/mol. The first kappa shape index (κ1) is 17.0. The number of nitrogens with one attached hydrogen (secondary N) is 2. The molecule has 0 saturated carbocycles. The molecular weight excluding hydrogens is 272 g/mol. The summed E-state index contributed by atoms with van der Waals surface area (Å²) in [6.45, 7) is 4.05. The molecule has 6 nitrogen and oxygen atoms in total. The van der Waals surface area contributed by atoms with E-state index in [4.69, 9.17) is 0 Å². The van der Waals surface area contributed by atoms with Crippen LogP contribution in [0.5, 0.6) is 5.75 Å². The lowest BCUT2D eigenvalue weighted by Gasteiger charge is -2.16. The van der Waals surface area contributed by atoms with Gasteiger partial charge in [0.15, 0.2) is 0 Å². The number of amides is 1. The highest BCUT2D eigenvalue weighted by molar-refractivity contribution is 5.84. The number of carbonyl (C=O) groups excluding carboxylic acids is 1. The smallest absolute Gasteiger partial charge is 0.326 e. The van der Waals surface area contributed by atoms with Gasteiger partial charge in [0.2, 0.25) is 5.91 Å². The highest BCUT2D eigenvalue weighted by atomic mass is 16.4. The quantitative estimate of drug-likeness (QED) is 0.571. The van der Waals surface area contributed by atoms with Crippen LogP contribution in [0.15, 0.2) is 24.3 Å². The van der Waals surface area contributed by atoms with Crippen LogP contribution < -0.4 is 10.6 Å². The Morgan fingerprint density at radius 2 is 1.86 bits per heavy atom. The third-order valence-corrected chi connectivity index (χ3v) is 3.23. The van der Waals surface area contributed by atoms with E-state index < -0.39 is 12.0 Å². The minimum Gasteiger partial charge on any atom is -0.508 e. The van der Waals surface area contributed by atoms with Crippen LogP contribution in [0, 0.1) is 0 Å². The van der Waals surface area contributed by atoms with E-state index in [1.807, 2.05) is 13.8 Å². The Bertz CT molecular complexity index is 473. The Morgan fingerprint density at radius 3 is 2.38 bits per heavy atom. The zero-order valence-corrected chi connectivity index (χ0v) is 12.3. The lowest BCUT2D eigenvalue weighted by molar-refractivity contribution is -0.141. The van der Waals surface area contributed by atoms with E-state index in [0.29, 0.717) is 0 Å². The summed E-state index contributed by atoms with van der Waals surface area (Å²) in [5, 5.41) is 23.9. The van der Waals surface area contributed by atoms with Gasteiger partial charge in [-0.3, -0.25) is 4.79 Å². The minimum absolute atomic E-state index is 0.0916. The molecular formula is C15H22N2O4. The fourth-order valence-corrected chi connectivity index (χ4v) is 1.72. The number of phenolic OH excluding ortho intramolecular Hbond substituents is 1. The molecule has 0 aliphatic heterocycles. The average molecular weight is 294 g/mol. The van der Waals surface area contributed by atoms with Gasteiger partial charge in [0, 0.05) is 12.5 Å². The van der Waals surface area contributed by atoms with Crippen LogP contribution in [0.1, 0.15) is 25.8 Å². The fraction of sp³-hybridized carbons (Fsp3) is 0.467. The van der Waals surface area contributed by atoms with Crippen LogP contribution in [-0.4, -0.2) is 40.7 Å². The number of benzene rings is 1. The molecule has 0 radical (unpaired) electrons. The molecule has 0 bridgehead atoms. The summed E-state index contributed by atoms with van der Waals surface area (Å²) in [4.78, 5) is 23.0. The van der Waals surface area contributed by atoms with E-state index in [1.54, 1.807) is 12.1 Å². The molecule has 0 aromatic heterocycles. The van der Waals surface area contributed by atoms with E-state index in [0.717, 1.165) is 12.0 Å². The van der Waals surface area contributed by atoms with Crippen molar-refractivity contribution in [1.29, 1.82) is 0 Å². The molecule has 1 amide bonds. The second-order valence-electron chi connectivity index (χ2n) is 5.02. The number of aromatic hydroxyl groups is 1. The maximum Gasteiger partial charge on any atom is 0.326 e. The van der Waals surface area contributed by atoms with Crippen molar-refractivity contribution in [2.45, 2.75) is 38.8 Å². The molecule has 0 heterocycles. The summed E-state index contributed by atoms with van der Waals surface area (Å²) in [6, 6.07) is 5.46. The second kappa shape index (κ2) is 8.26. The average Bonchev–Trinajstić information content (AvgIpc) is 2.46. The summed E-state index contributed by atoms with van der Waals surface area (Å²) in [5.41, 5.74) is 0.732. The van der Waals surface area contributed by atoms with Gasteiger partial charge in [0.05, 0.1) is 6.54 Å². The number of hydrogen-bond donors (Lipinski definition) is 4. The summed E-state index contributed by atoms with van der Waals surface area (Å²) in [5.74, 6) is -1.31. The number of hydrogen-bond acceptors (Lipinski definition) is 4. The zero-order valence-electron chi connectivity index (χ0n) is 12.3. The van der Waals surface area contributed by atoms with Crippen molar-refractivity contribution in [3.63, 3.8) is 0 Å². The molecule has 0 spiro atoms. The maximum absolute atomic E-state index is 11.7. The first-order valence-electron chi connectivity index (χ1n) is 6.95. The predicted molar refractivity (Wildman–Crippen MR) is 79.1 cm³/mol. The van der Waals surface area contributed by atoms with Crippen molar-refractivity contribution in [2.24, 2.45) is 0 Å². The lowest BCUT2D eigenvalue weighted by Crippen LogP contribution is -2.46. The second-order valence-corrected chi connectivity index (χ2v) is 5.02. The van der Waals surface area contributed by atoms with Crippen LogP contribution in [-0.2, 0) is 16.0 Å². The molecule has 0 fully saturated rings. The normalized spacial score (nSPS) is 13.4. The maximum atomic E-state index is 11.7. The van der Waals surface area contributed by atoms with Crippen molar-refractivity contribution in [2.75, 3.05) is 6.54 Å². The molecule has 6 heteroatoms. The summed E-state index contributed by atoms with van der Waals surface area (Å²) in [6.07, 6.45) is 1.06. The number of aliphatic carboxylic acids is 1. The molecule has 0 aliphatic carbocycles. The van der Waals surface area contributed by atoms with Crippen molar-refractivity contribution in [1.82, 2.24) is 10.6 Å². The van der Waals surface area contributed by atoms with E-state index in [1.165, 1.54) is 12.1 Å². The highest BCUT2D eigenvalue weighted by Crippen LogP contribution is 2.11. The fourth-order valence-electron chi connectivity index (χ4n) is 1.72. The van der Waals surface area contributed by atoms with Gasteiger partial charge in [-0.25, -0.2) is 4.79 Å². The van der Waals surface area contributed by atoms with E-state index in [2.05, 4.69) is 10.6 Å². The molecule has 4 N–H and O–H groups in total. The minimum atomic E-state index is -1.08. The zero-order chi connectivity index (χ0) is 15.8. The third kappa shape index (κ3) is 6.27. The van der Waals surface area contributed by atoms with Gasteiger partial charge >= 0.3 is 5.97 Å². The van der Waals surface area contributed by atoms with Gasteiger partial charge < -0.3 is 20.8 Å². The van der Waals surface area contributed by atoms with Gasteiger partial charge in [0.25, 0.3) is 0 Å². The lowest BCUT2D eigenvalue weighted by atomic mass is 10.1. The standard InChI is InChI=1S/C15H22N2O4/c1-3-10(2)16-9-14(19)17-13(15(20)21)8-11-4-6-12(18)7-5-11/h4-7,10,13,16,18H,3,8-9H2,1-2H3,(H,17,19)(H,20,21). The molecule has 1 aromatic carbocycles. The molecule has 116 valence electrons. The Labute approximate surface area is 124 Å². The molecule has 21 heavy (non-hydrogen) atoms. The third-order valence-electron chi connectivity index (χ3n) is 3.23. The van der Waals surface area contributed by atoms with Crippen LogP contribution in [0.2, 0.25) is 0 Å². The van der Waals surface area contributed by atoms with Crippen molar-refractivity contribution in [3.8, 4) is 5.75 Å². The number of phenols is 1. The van der Waals surface area contributed by atoms with Gasteiger partial charge in [-0.1, -0.05) is 19.1 Å². The summed E-state index contributed by atoms with van der Waals surface area (Å²) in [7, 11) is 0. The number of carboxylic acids is 1. The topological polar surface area (TPSA) is 98.7 Å². The number of rotatable bonds is 8. The van der Waals surface area contributed by atoms with Crippen LogP contribution in [0.25, 0.3) is 0 Å². The van der Waals surface area contributed by atoms with Gasteiger partial charge in [-0.15, -0.1) is 0 Å². The first-order valence-corrected chi connectivity index (χ1v) is 6.95. The Hall–Kier alpha value is -2.08. The van der Waals surface area contributed by atoms with Crippen LogP contribution in [0.4, 0.5) is 0 Å². The number of carbonyl (C=O) groups is 2. The first-order chi connectivity index (χ1) is 9.92. The van der Waals surface area contributed by atoms with Crippen molar-refractivity contribution >= 4 is 11.9 Å². The Morgan fingerprint density at radius 1 is 1.24 bits per heavy atom. The van der Waals surface area contributed by atoms with Gasteiger partial charge in [-0.05, 0) is 31.0 Å².